The molecular formula is C19H25FN2O3. The Hall–Kier alpha value is -1.95. The second kappa shape index (κ2) is 7.52. The second-order valence-corrected chi connectivity index (χ2v) is 6.95. The smallest absolute Gasteiger partial charge is 0.225 e. The van der Waals surface area contributed by atoms with Crippen LogP contribution >= 0.6 is 0 Å². The van der Waals surface area contributed by atoms with E-state index in [0.717, 1.165) is 18.4 Å². The molecule has 5 nitrogen and oxygen atoms in total. The van der Waals surface area contributed by atoms with Gasteiger partial charge in [-0.05, 0) is 37.5 Å². The van der Waals surface area contributed by atoms with Crippen molar-refractivity contribution in [3.63, 3.8) is 0 Å². The molecule has 2 saturated heterocycles. The van der Waals surface area contributed by atoms with Crippen LogP contribution in [0.5, 0.6) is 0 Å². The molecule has 25 heavy (non-hydrogen) atoms. The summed E-state index contributed by atoms with van der Waals surface area (Å²) in [4.78, 5) is 26.1. The van der Waals surface area contributed by atoms with Gasteiger partial charge < -0.3 is 15.0 Å². The van der Waals surface area contributed by atoms with Gasteiger partial charge in [-0.1, -0.05) is 12.1 Å². The fourth-order valence-electron chi connectivity index (χ4n) is 3.80. The third-order valence-electron chi connectivity index (χ3n) is 5.45. The highest BCUT2D eigenvalue weighted by atomic mass is 19.1. The third-order valence-corrected chi connectivity index (χ3v) is 5.45. The van der Waals surface area contributed by atoms with Crippen LogP contribution in [0.2, 0.25) is 0 Å². The van der Waals surface area contributed by atoms with Gasteiger partial charge in [-0.2, -0.15) is 0 Å². The fourth-order valence-corrected chi connectivity index (χ4v) is 3.80. The van der Waals surface area contributed by atoms with Crippen LogP contribution in [0.15, 0.2) is 24.3 Å². The van der Waals surface area contributed by atoms with Gasteiger partial charge in [0.05, 0.1) is 5.92 Å². The molecule has 3 rings (SSSR count). The summed E-state index contributed by atoms with van der Waals surface area (Å²) in [5.74, 6) is -0.619. The standard InChI is InChI=1S/C19H25FN2O3/c1-2-22-12-14(10-17(22)23)18(24)21-13-19(6-8-25-9-7-19)15-4-3-5-16(20)11-15/h3-5,11,14H,2,6-10,12-13H2,1H3,(H,21,24). The van der Waals surface area contributed by atoms with Crippen LogP contribution in [0.3, 0.4) is 0 Å². The van der Waals surface area contributed by atoms with Gasteiger partial charge in [0.2, 0.25) is 11.8 Å². The SMILES string of the molecule is CCN1CC(C(=O)NCC2(c3cccc(F)c3)CCOCC2)CC1=O. The molecule has 2 heterocycles. The molecule has 1 N–H and O–H groups in total. The number of benzene rings is 1. The molecule has 6 heteroatoms. The molecule has 1 aromatic carbocycles. The lowest BCUT2D eigenvalue weighted by molar-refractivity contribution is -0.129. The van der Waals surface area contributed by atoms with E-state index >= 15 is 0 Å². The van der Waals surface area contributed by atoms with E-state index in [2.05, 4.69) is 5.32 Å². The van der Waals surface area contributed by atoms with Crippen LogP contribution in [0.4, 0.5) is 4.39 Å². The zero-order valence-electron chi connectivity index (χ0n) is 14.6. The van der Waals surface area contributed by atoms with Crippen LogP contribution < -0.4 is 5.32 Å². The monoisotopic (exact) mass is 348 g/mol. The highest BCUT2D eigenvalue weighted by Gasteiger charge is 2.38. The lowest BCUT2D eigenvalue weighted by atomic mass is 9.74. The van der Waals surface area contributed by atoms with Crippen molar-refractivity contribution in [2.24, 2.45) is 5.92 Å². The molecule has 0 aliphatic carbocycles. The Bertz CT molecular complexity index is 643. The highest BCUT2D eigenvalue weighted by molar-refractivity contribution is 5.89. The molecule has 136 valence electrons. The maximum atomic E-state index is 13.7. The molecule has 1 atom stereocenters. The third kappa shape index (κ3) is 3.84. The fraction of sp³-hybridized carbons (Fsp3) is 0.579. The summed E-state index contributed by atoms with van der Waals surface area (Å²) in [6.07, 6.45) is 1.75. The van der Waals surface area contributed by atoms with Crippen molar-refractivity contribution in [1.82, 2.24) is 10.2 Å². The van der Waals surface area contributed by atoms with Gasteiger partial charge in [0, 0.05) is 44.7 Å². The van der Waals surface area contributed by atoms with Crippen LogP contribution in [0.1, 0.15) is 31.7 Å². The van der Waals surface area contributed by atoms with E-state index in [-0.39, 0.29) is 35.4 Å². The lowest BCUT2D eigenvalue weighted by Crippen LogP contribution is -2.46. The number of carbonyl (C=O) groups excluding carboxylic acids is 2. The quantitative estimate of drug-likeness (QED) is 0.884. The average molecular weight is 348 g/mol. The zero-order valence-corrected chi connectivity index (χ0v) is 14.6. The average Bonchev–Trinajstić information content (AvgIpc) is 3.01. The Labute approximate surface area is 147 Å². The number of nitrogens with zero attached hydrogens (tertiary/aromatic N) is 1. The van der Waals surface area contributed by atoms with Gasteiger partial charge >= 0.3 is 0 Å². The highest BCUT2D eigenvalue weighted by Crippen LogP contribution is 2.34. The van der Waals surface area contributed by atoms with Gasteiger partial charge in [-0.3, -0.25) is 9.59 Å². The summed E-state index contributed by atoms with van der Waals surface area (Å²) in [7, 11) is 0. The number of hydrogen-bond acceptors (Lipinski definition) is 3. The second-order valence-electron chi connectivity index (χ2n) is 6.95. The van der Waals surface area contributed by atoms with Gasteiger partial charge in [0.15, 0.2) is 0 Å². The van der Waals surface area contributed by atoms with Crippen molar-refractivity contribution in [2.45, 2.75) is 31.6 Å². The Morgan fingerprint density at radius 1 is 1.40 bits per heavy atom. The molecule has 0 radical (unpaired) electrons. The molecule has 0 aromatic heterocycles. The minimum Gasteiger partial charge on any atom is -0.381 e. The molecular weight excluding hydrogens is 323 g/mol. The molecule has 2 aliphatic heterocycles. The van der Waals surface area contributed by atoms with Gasteiger partial charge in [-0.25, -0.2) is 4.39 Å². The molecule has 2 amide bonds. The van der Waals surface area contributed by atoms with Crippen LogP contribution in [0.25, 0.3) is 0 Å². The molecule has 2 aliphatic rings. The normalized spacial score (nSPS) is 22.9. The maximum absolute atomic E-state index is 13.7. The Balaban J connectivity index is 1.69. The number of carbonyl (C=O) groups is 2. The molecule has 0 saturated carbocycles. The molecule has 1 aromatic rings. The lowest BCUT2D eigenvalue weighted by Gasteiger charge is -2.38. The number of rotatable bonds is 5. The first-order valence-electron chi connectivity index (χ1n) is 8.93. The van der Waals surface area contributed by atoms with Gasteiger partial charge in [0.1, 0.15) is 5.82 Å². The molecule has 0 spiro atoms. The number of likely N-dealkylation sites (tertiary alicyclic amines) is 1. The minimum atomic E-state index is -0.316. The summed E-state index contributed by atoms with van der Waals surface area (Å²) < 4.78 is 19.2. The largest absolute Gasteiger partial charge is 0.381 e. The van der Waals surface area contributed by atoms with E-state index in [9.17, 15) is 14.0 Å². The predicted molar refractivity (Wildman–Crippen MR) is 91.5 cm³/mol. The summed E-state index contributed by atoms with van der Waals surface area (Å²) in [6, 6.07) is 6.60. The topological polar surface area (TPSA) is 58.6 Å². The summed E-state index contributed by atoms with van der Waals surface area (Å²) in [5.41, 5.74) is 0.581. The first kappa shape index (κ1) is 17.9. The summed E-state index contributed by atoms with van der Waals surface area (Å²) in [6.45, 7) is 4.66. The number of halogens is 1. The van der Waals surface area contributed by atoms with Gasteiger partial charge in [-0.15, -0.1) is 0 Å². The number of hydrogen-bond donors (Lipinski definition) is 1. The molecule has 2 fully saturated rings. The number of nitrogens with one attached hydrogen (secondary N) is 1. The summed E-state index contributed by atoms with van der Waals surface area (Å²) in [5, 5.41) is 3.02. The zero-order chi connectivity index (χ0) is 17.9. The van der Waals surface area contributed by atoms with Crippen molar-refractivity contribution in [3.05, 3.63) is 35.6 Å². The van der Waals surface area contributed by atoms with E-state index < -0.39 is 0 Å². The van der Waals surface area contributed by atoms with Crippen molar-refractivity contribution < 1.29 is 18.7 Å². The molecule has 0 bridgehead atoms. The Kier molecular flexibility index (Phi) is 5.37. The van der Waals surface area contributed by atoms with E-state index in [1.165, 1.54) is 6.07 Å². The Morgan fingerprint density at radius 2 is 2.16 bits per heavy atom. The van der Waals surface area contributed by atoms with E-state index in [1.54, 1.807) is 17.0 Å². The van der Waals surface area contributed by atoms with Crippen molar-refractivity contribution >= 4 is 11.8 Å². The predicted octanol–water partition coefficient (Wildman–Crippen LogP) is 1.86. The van der Waals surface area contributed by atoms with Crippen molar-refractivity contribution in [1.29, 1.82) is 0 Å². The van der Waals surface area contributed by atoms with Gasteiger partial charge in [0.25, 0.3) is 0 Å². The molecule has 1 unspecified atom stereocenters. The van der Waals surface area contributed by atoms with Crippen LogP contribution in [0, 0.1) is 11.7 Å². The van der Waals surface area contributed by atoms with E-state index in [1.807, 2.05) is 13.0 Å². The van der Waals surface area contributed by atoms with E-state index in [0.29, 0.717) is 32.8 Å². The van der Waals surface area contributed by atoms with Crippen LogP contribution in [-0.2, 0) is 19.7 Å². The minimum absolute atomic E-state index is 0.0357. The number of amides is 2. The first-order chi connectivity index (χ1) is 12.0. The first-order valence-corrected chi connectivity index (χ1v) is 8.93. The van der Waals surface area contributed by atoms with E-state index in [4.69, 9.17) is 4.74 Å². The maximum Gasteiger partial charge on any atom is 0.225 e. The van der Waals surface area contributed by atoms with Crippen LogP contribution in [-0.4, -0.2) is 49.6 Å². The van der Waals surface area contributed by atoms with Crippen molar-refractivity contribution in [3.8, 4) is 0 Å². The summed E-state index contributed by atoms with van der Waals surface area (Å²) >= 11 is 0. The van der Waals surface area contributed by atoms with Crippen molar-refractivity contribution in [2.75, 3.05) is 32.8 Å². The Morgan fingerprint density at radius 3 is 2.80 bits per heavy atom. The number of ether oxygens (including phenoxy) is 1.